The van der Waals surface area contributed by atoms with Crippen LogP contribution in [0.25, 0.3) is 11.1 Å². The van der Waals surface area contributed by atoms with Crippen molar-refractivity contribution in [2.24, 2.45) is 5.92 Å². The van der Waals surface area contributed by atoms with Crippen LogP contribution in [-0.4, -0.2) is 24.6 Å². The van der Waals surface area contributed by atoms with E-state index in [-0.39, 0.29) is 0 Å². The third-order valence-electron chi connectivity index (χ3n) is 3.67. The first kappa shape index (κ1) is 11.5. The van der Waals surface area contributed by atoms with Crippen molar-refractivity contribution in [1.82, 2.24) is 10.3 Å². The second-order valence-electron chi connectivity index (χ2n) is 4.94. The van der Waals surface area contributed by atoms with Crippen LogP contribution in [0.3, 0.4) is 0 Å². The molecule has 0 saturated carbocycles. The van der Waals surface area contributed by atoms with Crippen molar-refractivity contribution in [1.29, 1.82) is 0 Å². The van der Waals surface area contributed by atoms with Gasteiger partial charge in [-0.25, -0.2) is 4.98 Å². The summed E-state index contributed by atoms with van der Waals surface area (Å²) in [4.78, 5) is 4.11. The number of nitrogens with zero attached hydrogens (tertiary/aromatic N) is 1. The van der Waals surface area contributed by atoms with Gasteiger partial charge in [-0.15, -0.1) is 0 Å². The highest BCUT2D eigenvalue weighted by Crippen LogP contribution is 2.19. The van der Waals surface area contributed by atoms with Gasteiger partial charge >= 0.3 is 0 Å². The van der Waals surface area contributed by atoms with Gasteiger partial charge in [0, 0.05) is 18.3 Å². The van der Waals surface area contributed by atoms with Crippen LogP contribution in [0.4, 0.5) is 5.69 Å². The first-order chi connectivity index (χ1) is 8.92. The fourth-order valence-corrected chi connectivity index (χ4v) is 2.56. The van der Waals surface area contributed by atoms with Crippen molar-refractivity contribution in [3.8, 4) is 0 Å². The third-order valence-corrected chi connectivity index (χ3v) is 3.67. The van der Waals surface area contributed by atoms with Gasteiger partial charge in [0.25, 0.3) is 0 Å². The Balaban J connectivity index is 1.52. The molecule has 1 aliphatic rings. The normalized spacial score (nSPS) is 17.1. The van der Waals surface area contributed by atoms with Crippen molar-refractivity contribution in [3.63, 3.8) is 0 Å². The molecule has 3 rings (SSSR count). The molecule has 2 N–H and O–H groups in total. The molecule has 2 aromatic rings. The summed E-state index contributed by atoms with van der Waals surface area (Å²) in [6.07, 6.45) is 5.35. The number of piperidine rings is 1. The minimum absolute atomic E-state index is 0.849. The first-order valence-corrected chi connectivity index (χ1v) is 6.70. The Morgan fingerprint density at radius 1 is 1.33 bits per heavy atom. The predicted octanol–water partition coefficient (Wildman–Crippen LogP) is 2.63. The summed E-state index contributed by atoms with van der Waals surface area (Å²) in [5.74, 6) is 0.868. The fourth-order valence-electron chi connectivity index (χ4n) is 2.56. The summed E-state index contributed by atoms with van der Waals surface area (Å²) < 4.78 is 5.30. The highest BCUT2D eigenvalue weighted by Gasteiger charge is 2.12. The SMILES string of the molecule is c1nc2ccc(NCCC3CCNCC3)cc2o1. The molecule has 4 nitrogen and oxygen atoms in total. The number of aromatic nitrogens is 1. The lowest BCUT2D eigenvalue weighted by Gasteiger charge is -2.22. The van der Waals surface area contributed by atoms with Crippen LogP contribution < -0.4 is 10.6 Å². The third kappa shape index (κ3) is 2.64. The van der Waals surface area contributed by atoms with Crippen LogP contribution in [-0.2, 0) is 0 Å². The van der Waals surface area contributed by atoms with E-state index in [1.54, 1.807) is 0 Å². The fraction of sp³-hybridized carbons (Fsp3) is 0.500. The molecule has 4 heteroatoms. The van der Waals surface area contributed by atoms with Crippen LogP contribution in [0.1, 0.15) is 19.3 Å². The van der Waals surface area contributed by atoms with E-state index in [0.29, 0.717) is 0 Å². The molecule has 1 aromatic carbocycles. The Hall–Kier alpha value is -1.55. The zero-order valence-electron chi connectivity index (χ0n) is 10.5. The van der Waals surface area contributed by atoms with Crippen molar-refractivity contribution in [2.75, 3.05) is 25.0 Å². The Morgan fingerprint density at radius 3 is 3.11 bits per heavy atom. The van der Waals surface area contributed by atoms with E-state index in [2.05, 4.69) is 21.7 Å². The van der Waals surface area contributed by atoms with E-state index >= 15 is 0 Å². The van der Waals surface area contributed by atoms with E-state index < -0.39 is 0 Å². The second kappa shape index (κ2) is 5.40. The number of nitrogens with one attached hydrogen (secondary N) is 2. The lowest BCUT2D eigenvalue weighted by molar-refractivity contribution is 0.361. The van der Waals surface area contributed by atoms with Crippen molar-refractivity contribution in [3.05, 3.63) is 24.6 Å². The van der Waals surface area contributed by atoms with E-state index in [4.69, 9.17) is 4.42 Å². The van der Waals surface area contributed by atoms with Gasteiger partial charge in [0.2, 0.25) is 0 Å². The standard InChI is InChI=1S/C14H19N3O/c1-2-13-14(18-10-17-13)9-12(1)16-8-5-11-3-6-15-7-4-11/h1-2,9-11,15-16H,3-8H2. The number of hydrogen-bond acceptors (Lipinski definition) is 4. The molecule has 1 aliphatic heterocycles. The molecule has 1 fully saturated rings. The average Bonchev–Trinajstić information content (AvgIpc) is 2.87. The lowest BCUT2D eigenvalue weighted by Crippen LogP contribution is -2.28. The Bertz CT molecular complexity index is 502. The molecule has 0 amide bonds. The molecular formula is C14H19N3O. The summed E-state index contributed by atoms with van der Waals surface area (Å²) in [5.41, 5.74) is 2.88. The highest BCUT2D eigenvalue weighted by molar-refractivity contribution is 5.76. The molecule has 0 atom stereocenters. The van der Waals surface area contributed by atoms with E-state index in [9.17, 15) is 0 Å². The molecule has 96 valence electrons. The maximum absolute atomic E-state index is 5.30. The predicted molar refractivity (Wildman–Crippen MR) is 72.7 cm³/mol. The molecule has 1 aromatic heterocycles. The van der Waals surface area contributed by atoms with Crippen molar-refractivity contribution >= 4 is 16.8 Å². The lowest BCUT2D eigenvalue weighted by atomic mass is 9.95. The summed E-state index contributed by atoms with van der Waals surface area (Å²) in [7, 11) is 0. The second-order valence-corrected chi connectivity index (χ2v) is 4.94. The first-order valence-electron chi connectivity index (χ1n) is 6.70. The summed E-state index contributed by atoms with van der Waals surface area (Å²) in [5, 5.41) is 6.87. The zero-order chi connectivity index (χ0) is 12.2. The molecule has 0 spiro atoms. The molecule has 18 heavy (non-hydrogen) atoms. The minimum atomic E-state index is 0.849. The maximum Gasteiger partial charge on any atom is 0.181 e. The molecule has 1 saturated heterocycles. The summed E-state index contributed by atoms with van der Waals surface area (Å²) in [6.45, 7) is 3.38. The topological polar surface area (TPSA) is 50.1 Å². The van der Waals surface area contributed by atoms with Crippen LogP contribution in [0, 0.1) is 5.92 Å². The van der Waals surface area contributed by atoms with E-state index in [1.165, 1.54) is 38.7 Å². The monoisotopic (exact) mass is 245 g/mol. The van der Waals surface area contributed by atoms with E-state index in [1.807, 2.05) is 12.1 Å². The molecule has 2 heterocycles. The largest absolute Gasteiger partial charge is 0.443 e. The highest BCUT2D eigenvalue weighted by atomic mass is 16.3. The van der Waals surface area contributed by atoms with Gasteiger partial charge < -0.3 is 15.1 Å². The van der Waals surface area contributed by atoms with Crippen LogP contribution >= 0.6 is 0 Å². The van der Waals surface area contributed by atoms with Gasteiger partial charge in [-0.3, -0.25) is 0 Å². The quantitative estimate of drug-likeness (QED) is 0.869. The molecule has 0 aliphatic carbocycles. The molecule has 0 unspecified atom stereocenters. The van der Waals surface area contributed by atoms with Crippen LogP contribution in [0.2, 0.25) is 0 Å². The van der Waals surface area contributed by atoms with Crippen LogP contribution in [0.5, 0.6) is 0 Å². The van der Waals surface area contributed by atoms with Gasteiger partial charge in [0.15, 0.2) is 12.0 Å². The number of rotatable bonds is 4. The number of anilines is 1. The number of oxazole rings is 1. The molecular weight excluding hydrogens is 226 g/mol. The maximum atomic E-state index is 5.30. The van der Waals surface area contributed by atoms with Gasteiger partial charge in [-0.05, 0) is 50.4 Å². The van der Waals surface area contributed by atoms with Crippen molar-refractivity contribution < 1.29 is 4.42 Å². The molecule has 0 bridgehead atoms. The number of benzene rings is 1. The average molecular weight is 245 g/mol. The van der Waals surface area contributed by atoms with Crippen LogP contribution in [0.15, 0.2) is 29.0 Å². The summed E-state index contributed by atoms with van der Waals surface area (Å²) >= 11 is 0. The van der Waals surface area contributed by atoms with Gasteiger partial charge in [-0.1, -0.05) is 0 Å². The number of fused-ring (bicyclic) bond motifs is 1. The van der Waals surface area contributed by atoms with Gasteiger partial charge in [0.1, 0.15) is 5.52 Å². The Kier molecular flexibility index (Phi) is 3.46. The summed E-state index contributed by atoms with van der Waals surface area (Å²) in [6, 6.07) is 6.07. The van der Waals surface area contributed by atoms with Gasteiger partial charge in [-0.2, -0.15) is 0 Å². The Labute approximate surface area is 107 Å². The molecule has 0 radical (unpaired) electrons. The zero-order valence-corrected chi connectivity index (χ0v) is 10.5. The van der Waals surface area contributed by atoms with E-state index in [0.717, 1.165) is 29.2 Å². The minimum Gasteiger partial charge on any atom is -0.443 e. The Morgan fingerprint density at radius 2 is 2.22 bits per heavy atom. The van der Waals surface area contributed by atoms with Crippen molar-refractivity contribution in [2.45, 2.75) is 19.3 Å². The smallest absolute Gasteiger partial charge is 0.181 e. The number of hydrogen-bond donors (Lipinski definition) is 2. The van der Waals surface area contributed by atoms with Gasteiger partial charge in [0.05, 0.1) is 0 Å².